The topological polar surface area (TPSA) is 26.3 Å². The molecule has 0 radical (unpaired) electrons. The standard InChI is InChI=1S/C9H8BrClO2/c1-6(9(11)12)13-8-4-2-3-7(10)5-8/h2-6H,1H3/t6-/m0/s1. The molecule has 1 aromatic carbocycles. The molecule has 0 N–H and O–H groups in total. The van der Waals surface area contributed by atoms with Gasteiger partial charge >= 0.3 is 0 Å². The van der Waals surface area contributed by atoms with E-state index in [1.165, 1.54) is 0 Å². The van der Waals surface area contributed by atoms with Crippen molar-refractivity contribution in [3.63, 3.8) is 0 Å². The molecule has 2 nitrogen and oxygen atoms in total. The summed E-state index contributed by atoms with van der Waals surface area (Å²) in [7, 11) is 0. The largest absolute Gasteiger partial charge is 0.482 e. The van der Waals surface area contributed by atoms with E-state index in [0.29, 0.717) is 5.75 Å². The number of carbonyl (C=O) groups excluding carboxylic acids is 1. The predicted molar refractivity (Wildman–Crippen MR) is 55.1 cm³/mol. The van der Waals surface area contributed by atoms with E-state index in [1.54, 1.807) is 19.1 Å². The number of hydrogen-bond donors (Lipinski definition) is 0. The Morgan fingerprint density at radius 3 is 2.85 bits per heavy atom. The van der Waals surface area contributed by atoms with Gasteiger partial charge in [-0.05, 0) is 36.7 Å². The number of halogens is 2. The number of carbonyl (C=O) groups is 1. The van der Waals surface area contributed by atoms with Crippen molar-refractivity contribution in [2.24, 2.45) is 0 Å². The molecule has 0 aliphatic carbocycles. The molecule has 0 fully saturated rings. The molecule has 1 atom stereocenters. The summed E-state index contributed by atoms with van der Waals surface area (Å²) in [5.41, 5.74) is 0. The lowest BCUT2D eigenvalue weighted by molar-refractivity contribution is -0.117. The first-order valence-corrected chi connectivity index (χ1v) is 4.88. The third-order valence-electron chi connectivity index (χ3n) is 1.43. The third-order valence-corrected chi connectivity index (χ3v) is 2.23. The first-order chi connectivity index (χ1) is 6.09. The Morgan fingerprint density at radius 1 is 1.62 bits per heavy atom. The Labute approximate surface area is 90.0 Å². The van der Waals surface area contributed by atoms with Gasteiger partial charge in [0.1, 0.15) is 5.75 Å². The third kappa shape index (κ3) is 3.36. The van der Waals surface area contributed by atoms with Crippen molar-refractivity contribution >= 4 is 32.8 Å². The molecule has 0 heterocycles. The summed E-state index contributed by atoms with van der Waals surface area (Å²) < 4.78 is 6.15. The van der Waals surface area contributed by atoms with E-state index in [-0.39, 0.29) is 0 Å². The number of ether oxygens (including phenoxy) is 1. The van der Waals surface area contributed by atoms with Gasteiger partial charge in [0.05, 0.1) is 0 Å². The fraction of sp³-hybridized carbons (Fsp3) is 0.222. The van der Waals surface area contributed by atoms with Gasteiger partial charge in [-0.1, -0.05) is 22.0 Å². The normalized spacial score (nSPS) is 12.2. The van der Waals surface area contributed by atoms with Crippen LogP contribution in [0.4, 0.5) is 0 Å². The Kier molecular flexibility index (Phi) is 3.75. The fourth-order valence-corrected chi connectivity index (χ4v) is 1.21. The van der Waals surface area contributed by atoms with Crippen LogP contribution in [0, 0.1) is 0 Å². The van der Waals surface area contributed by atoms with Crippen LogP contribution in [0.1, 0.15) is 6.92 Å². The van der Waals surface area contributed by atoms with Crippen LogP contribution in [0.5, 0.6) is 5.75 Å². The highest BCUT2D eigenvalue weighted by molar-refractivity contribution is 9.10. The molecule has 0 aliphatic rings. The SMILES string of the molecule is C[C@H](Oc1cccc(Br)c1)C(=O)Cl. The number of hydrogen-bond acceptors (Lipinski definition) is 2. The minimum absolute atomic E-state index is 0.500. The molecule has 0 aliphatic heterocycles. The lowest BCUT2D eigenvalue weighted by Crippen LogP contribution is -2.18. The molecule has 0 aromatic heterocycles. The van der Waals surface area contributed by atoms with Crippen molar-refractivity contribution in [1.82, 2.24) is 0 Å². The van der Waals surface area contributed by atoms with Gasteiger partial charge in [-0.15, -0.1) is 0 Å². The van der Waals surface area contributed by atoms with Crippen LogP contribution in [0.3, 0.4) is 0 Å². The van der Waals surface area contributed by atoms with Crippen molar-refractivity contribution < 1.29 is 9.53 Å². The fourth-order valence-electron chi connectivity index (χ4n) is 0.791. The van der Waals surface area contributed by atoms with Crippen molar-refractivity contribution in [2.45, 2.75) is 13.0 Å². The Bertz CT molecular complexity index is 314. The molecule has 0 saturated heterocycles. The van der Waals surface area contributed by atoms with E-state index in [4.69, 9.17) is 16.3 Å². The maximum Gasteiger partial charge on any atom is 0.262 e. The second kappa shape index (κ2) is 4.63. The van der Waals surface area contributed by atoms with Gasteiger partial charge < -0.3 is 4.74 Å². The van der Waals surface area contributed by atoms with Gasteiger partial charge in [0.25, 0.3) is 5.24 Å². The molecule has 13 heavy (non-hydrogen) atoms. The van der Waals surface area contributed by atoms with Crippen LogP contribution < -0.4 is 4.74 Å². The molecule has 1 aromatic rings. The van der Waals surface area contributed by atoms with E-state index in [2.05, 4.69) is 15.9 Å². The van der Waals surface area contributed by atoms with E-state index in [1.807, 2.05) is 12.1 Å². The first-order valence-electron chi connectivity index (χ1n) is 3.71. The average Bonchev–Trinajstić information content (AvgIpc) is 2.04. The van der Waals surface area contributed by atoms with Crippen LogP contribution in [0.2, 0.25) is 0 Å². The van der Waals surface area contributed by atoms with Gasteiger partial charge in [-0.2, -0.15) is 0 Å². The van der Waals surface area contributed by atoms with Crippen molar-refractivity contribution in [1.29, 1.82) is 0 Å². The molecular formula is C9H8BrClO2. The lowest BCUT2D eigenvalue weighted by Gasteiger charge is -2.09. The second-order valence-electron chi connectivity index (χ2n) is 2.52. The molecule has 0 unspecified atom stereocenters. The zero-order valence-electron chi connectivity index (χ0n) is 6.96. The summed E-state index contributed by atoms with van der Waals surface area (Å²) in [4.78, 5) is 10.7. The second-order valence-corrected chi connectivity index (χ2v) is 3.81. The first kappa shape index (κ1) is 10.5. The van der Waals surface area contributed by atoms with Crippen LogP contribution in [-0.2, 0) is 4.79 Å². The number of benzene rings is 1. The summed E-state index contributed by atoms with van der Waals surface area (Å²) in [5, 5.41) is -0.500. The quantitative estimate of drug-likeness (QED) is 0.784. The van der Waals surface area contributed by atoms with E-state index in [9.17, 15) is 4.79 Å². The monoisotopic (exact) mass is 262 g/mol. The van der Waals surface area contributed by atoms with Crippen LogP contribution >= 0.6 is 27.5 Å². The molecule has 0 amide bonds. The van der Waals surface area contributed by atoms with Crippen molar-refractivity contribution in [2.75, 3.05) is 0 Å². The maximum atomic E-state index is 10.7. The van der Waals surface area contributed by atoms with Gasteiger partial charge in [0.2, 0.25) is 0 Å². The highest BCUT2D eigenvalue weighted by Gasteiger charge is 2.10. The zero-order chi connectivity index (χ0) is 9.84. The van der Waals surface area contributed by atoms with Gasteiger partial charge in [-0.25, -0.2) is 0 Å². The van der Waals surface area contributed by atoms with E-state index >= 15 is 0 Å². The summed E-state index contributed by atoms with van der Waals surface area (Å²) in [6.07, 6.45) is -0.615. The van der Waals surface area contributed by atoms with E-state index < -0.39 is 11.3 Å². The zero-order valence-corrected chi connectivity index (χ0v) is 9.30. The molecule has 0 saturated carbocycles. The molecule has 4 heteroatoms. The Balaban J connectivity index is 2.69. The van der Waals surface area contributed by atoms with Crippen molar-refractivity contribution in [3.05, 3.63) is 28.7 Å². The highest BCUT2D eigenvalue weighted by atomic mass is 79.9. The molecule has 0 bridgehead atoms. The van der Waals surface area contributed by atoms with Gasteiger partial charge in [-0.3, -0.25) is 4.79 Å². The minimum atomic E-state index is -0.615. The smallest absolute Gasteiger partial charge is 0.262 e. The van der Waals surface area contributed by atoms with E-state index in [0.717, 1.165) is 4.47 Å². The van der Waals surface area contributed by atoms with Crippen molar-refractivity contribution in [3.8, 4) is 5.75 Å². The predicted octanol–water partition coefficient (Wildman–Crippen LogP) is 2.98. The molecule has 1 rings (SSSR count). The molecule has 70 valence electrons. The summed E-state index contributed by atoms with van der Waals surface area (Å²) in [5.74, 6) is 0.621. The molecule has 0 spiro atoms. The average molecular weight is 264 g/mol. The highest BCUT2D eigenvalue weighted by Crippen LogP contribution is 2.19. The Morgan fingerprint density at radius 2 is 2.31 bits per heavy atom. The number of rotatable bonds is 3. The van der Waals surface area contributed by atoms with Crippen LogP contribution in [0.25, 0.3) is 0 Å². The Hall–Kier alpha value is -0.540. The van der Waals surface area contributed by atoms with Gasteiger partial charge in [0, 0.05) is 4.47 Å². The summed E-state index contributed by atoms with van der Waals surface area (Å²) in [6, 6.07) is 7.24. The summed E-state index contributed by atoms with van der Waals surface area (Å²) in [6.45, 7) is 1.61. The lowest BCUT2D eigenvalue weighted by atomic mass is 10.3. The molecular weight excluding hydrogens is 255 g/mol. The van der Waals surface area contributed by atoms with Gasteiger partial charge in [0.15, 0.2) is 6.10 Å². The minimum Gasteiger partial charge on any atom is -0.482 e. The van der Waals surface area contributed by atoms with Crippen LogP contribution in [0.15, 0.2) is 28.7 Å². The maximum absolute atomic E-state index is 10.7. The van der Waals surface area contributed by atoms with Crippen LogP contribution in [-0.4, -0.2) is 11.3 Å². The summed E-state index contributed by atoms with van der Waals surface area (Å²) >= 11 is 8.53.